The molecule has 2 aromatic rings. The van der Waals surface area contributed by atoms with Crippen molar-refractivity contribution < 1.29 is 9.90 Å². The molecule has 3 nitrogen and oxygen atoms in total. The van der Waals surface area contributed by atoms with Gasteiger partial charge in [-0.25, -0.2) is 9.78 Å². The van der Waals surface area contributed by atoms with Crippen LogP contribution in [0.2, 0.25) is 0 Å². The van der Waals surface area contributed by atoms with Gasteiger partial charge in [0.05, 0.1) is 9.88 Å². The van der Waals surface area contributed by atoms with Crippen LogP contribution >= 0.6 is 27.3 Å². The topological polar surface area (TPSA) is 50.2 Å². The van der Waals surface area contributed by atoms with Crippen LogP contribution in [-0.2, 0) is 0 Å². The predicted molar refractivity (Wildman–Crippen MR) is 71.7 cm³/mol. The number of aromatic carboxylic acids is 1. The van der Waals surface area contributed by atoms with Crippen LogP contribution in [0.25, 0.3) is 10.4 Å². The van der Waals surface area contributed by atoms with Gasteiger partial charge in [-0.05, 0) is 25.5 Å². The second-order valence-corrected chi connectivity index (χ2v) is 5.76. The molecule has 0 aliphatic heterocycles. The minimum Gasteiger partial charge on any atom is -0.476 e. The van der Waals surface area contributed by atoms with E-state index in [-0.39, 0.29) is 5.69 Å². The van der Waals surface area contributed by atoms with Crippen molar-refractivity contribution >= 4 is 33.2 Å². The summed E-state index contributed by atoms with van der Waals surface area (Å²) in [5.41, 5.74) is 2.12. The third-order valence-corrected chi connectivity index (χ3v) is 3.97. The van der Waals surface area contributed by atoms with Crippen molar-refractivity contribution in [1.29, 1.82) is 0 Å². The minimum atomic E-state index is -0.989. The zero-order chi connectivity index (χ0) is 12.6. The van der Waals surface area contributed by atoms with Crippen molar-refractivity contribution in [3.63, 3.8) is 0 Å². The Labute approximate surface area is 111 Å². The molecule has 0 unspecified atom stereocenters. The Kier molecular flexibility index (Phi) is 3.31. The molecule has 0 fully saturated rings. The summed E-state index contributed by atoms with van der Waals surface area (Å²) < 4.78 is 0.892. The maximum absolute atomic E-state index is 11.1. The molecule has 1 N–H and O–H groups in total. The van der Waals surface area contributed by atoms with Gasteiger partial charge < -0.3 is 5.11 Å². The molecule has 88 valence electrons. The van der Waals surface area contributed by atoms with Gasteiger partial charge >= 0.3 is 5.97 Å². The van der Waals surface area contributed by atoms with Crippen molar-refractivity contribution in [2.75, 3.05) is 0 Å². The number of carboxylic acid groups (broad SMARTS) is 1. The summed E-state index contributed by atoms with van der Waals surface area (Å²) in [6.07, 6.45) is 0. The van der Waals surface area contributed by atoms with Crippen molar-refractivity contribution in [2.24, 2.45) is 0 Å². The van der Waals surface area contributed by atoms with Crippen LogP contribution in [0.4, 0.5) is 0 Å². The molecular weight excluding hydrogens is 302 g/mol. The van der Waals surface area contributed by atoms with Crippen LogP contribution in [0.3, 0.4) is 0 Å². The largest absolute Gasteiger partial charge is 0.476 e. The summed E-state index contributed by atoms with van der Waals surface area (Å²) in [4.78, 5) is 15.9. The summed E-state index contributed by atoms with van der Waals surface area (Å²) in [7, 11) is 0. The average molecular weight is 312 g/mol. The average Bonchev–Trinajstić information content (AvgIpc) is 2.60. The van der Waals surface area contributed by atoms with E-state index >= 15 is 0 Å². The van der Waals surface area contributed by atoms with Gasteiger partial charge in [-0.3, -0.25) is 0 Å². The first kappa shape index (κ1) is 12.3. The molecule has 0 saturated carbocycles. The monoisotopic (exact) mass is 311 g/mol. The summed E-state index contributed by atoms with van der Waals surface area (Å²) in [6, 6.07) is 5.84. The molecule has 0 bridgehead atoms. The highest BCUT2D eigenvalue weighted by atomic mass is 79.9. The summed E-state index contributed by atoms with van der Waals surface area (Å²) in [5.74, 6) is -0.989. The molecular formula is C12H10BrNO2S. The summed E-state index contributed by atoms with van der Waals surface area (Å²) >= 11 is 4.86. The number of hydrogen-bond acceptors (Lipinski definition) is 3. The molecule has 0 aliphatic carbocycles. The van der Waals surface area contributed by atoms with Crippen LogP contribution in [0.1, 0.15) is 21.1 Å². The molecule has 1 heterocycles. The normalized spacial score (nSPS) is 10.5. The van der Waals surface area contributed by atoms with Gasteiger partial charge in [0.15, 0.2) is 5.69 Å². The Morgan fingerprint density at radius 3 is 2.71 bits per heavy atom. The fourth-order valence-corrected chi connectivity index (χ4v) is 3.33. The zero-order valence-electron chi connectivity index (χ0n) is 9.32. The SMILES string of the molecule is Cc1ccc(-c2sc(C)nc2C(=O)O)c(Br)c1. The van der Waals surface area contributed by atoms with Gasteiger partial charge in [0.1, 0.15) is 0 Å². The zero-order valence-corrected chi connectivity index (χ0v) is 11.7. The number of hydrogen-bond donors (Lipinski definition) is 1. The molecule has 0 aliphatic rings. The number of nitrogens with zero attached hydrogens (tertiary/aromatic N) is 1. The first-order valence-electron chi connectivity index (χ1n) is 4.96. The van der Waals surface area contributed by atoms with Gasteiger partial charge in [0.2, 0.25) is 0 Å². The van der Waals surface area contributed by atoms with E-state index in [2.05, 4.69) is 20.9 Å². The lowest BCUT2D eigenvalue weighted by Gasteiger charge is -2.03. The Hall–Kier alpha value is -1.20. The quantitative estimate of drug-likeness (QED) is 0.915. The molecule has 1 aromatic heterocycles. The van der Waals surface area contributed by atoms with E-state index in [0.29, 0.717) is 4.88 Å². The summed E-state index contributed by atoms with van der Waals surface area (Å²) in [5, 5.41) is 9.87. The highest BCUT2D eigenvalue weighted by Crippen LogP contribution is 2.35. The third kappa shape index (κ3) is 2.40. The van der Waals surface area contributed by atoms with Crippen LogP contribution in [0, 0.1) is 13.8 Å². The standard InChI is InChI=1S/C12H10BrNO2S/c1-6-3-4-8(9(13)5-6)11-10(12(15)16)14-7(2)17-11/h3-5H,1-2H3,(H,15,16). The minimum absolute atomic E-state index is 0.122. The molecule has 1 aromatic carbocycles. The van der Waals surface area contributed by atoms with E-state index in [1.54, 1.807) is 0 Å². The molecule has 0 atom stereocenters. The number of aryl methyl sites for hydroxylation is 2. The van der Waals surface area contributed by atoms with Gasteiger partial charge in [-0.2, -0.15) is 0 Å². The molecule has 0 saturated heterocycles. The van der Waals surface area contributed by atoms with Crippen LogP contribution in [-0.4, -0.2) is 16.1 Å². The number of thiazole rings is 1. The Morgan fingerprint density at radius 2 is 2.12 bits per heavy atom. The van der Waals surface area contributed by atoms with E-state index in [1.807, 2.05) is 32.0 Å². The number of carbonyl (C=O) groups is 1. The highest BCUT2D eigenvalue weighted by Gasteiger charge is 2.18. The number of carboxylic acids is 1. The van der Waals surface area contributed by atoms with Crippen LogP contribution in [0.15, 0.2) is 22.7 Å². The van der Waals surface area contributed by atoms with Gasteiger partial charge in [0, 0.05) is 10.0 Å². The second-order valence-electron chi connectivity index (χ2n) is 3.70. The number of benzene rings is 1. The van der Waals surface area contributed by atoms with E-state index in [0.717, 1.165) is 20.6 Å². The van der Waals surface area contributed by atoms with Crippen molar-refractivity contribution in [1.82, 2.24) is 4.98 Å². The highest BCUT2D eigenvalue weighted by molar-refractivity contribution is 9.10. The molecule has 5 heteroatoms. The Morgan fingerprint density at radius 1 is 1.41 bits per heavy atom. The van der Waals surface area contributed by atoms with E-state index in [4.69, 9.17) is 5.11 Å². The van der Waals surface area contributed by atoms with Crippen molar-refractivity contribution in [2.45, 2.75) is 13.8 Å². The lowest BCUT2D eigenvalue weighted by Crippen LogP contribution is -1.99. The third-order valence-electron chi connectivity index (χ3n) is 2.31. The fourth-order valence-electron chi connectivity index (χ4n) is 1.56. The fraction of sp³-hybridized carbons (Fsp3) is 0.167. The van der Waals surface area contributed by atoms with Gasteiger partial charge in [0.25, 0.3) is 0 Å². The van der Waals surface area contributed by atoms with Crippen molar-refractivity contribution in [3.05, 3.63) is 38.9 Å². The maximum atomic E-state index is 11.1. The second kappa shape index (κ2) is 4.58. The molecule has 0 spiro atoms. The van der Waals surface area contributed by atoms with E-state index in [1.165, 1.54) is 11.3 Å². The lowest BCUT2D eigenvalue weighted by atomic mass is 10.1. The predicted octanol–water partition coefficient (Wildman–Crippen LogP) is 3.89. The molecule has 0 amide bonds. The number of halogens is 1. The van der Waals surface area contributed by atoms with Gasteiger partial charge in [-0.15, -0.1) is 11.3 Å². The van der Waals surface area contributed by atoms with Gasteiger partial charge in [-0.1, -0.05) is 28.1 Å². The number of rotatable bonds is 2. The molecule has 0 radical (unpaired) electrons. The first-order chi connectivity index (χ1) is 7.99. The maximum Gasteiger partial charge on any atom is 0.356 e. The number of aromatic nitrogens is 1. The van der Waals surface area contributed by atoms with Crippen LogP contribution < -0.4 is 0 Å². The van der Waals surface area contributed by atoms with E-state index in [9.17, 15) is 4.79 Å². The molecule has 17 heavy (non-hydrogen) atoms. The first-order valence-corrected chi connectivity index (χ1v) is 6.57. The van der Waals surface area contributed by atoms with E-state index < -0.39 is 5.97 Å². The summed E-state index contributed by atoms with van der Waals surface area (Å²) in [6.45, 7) is 3.80. The lowest BCUT2D eigenvalue weighted by molar-refractivity contribution is 0.0692. The Bertz CT molecular complexity index is 592. The van der Waals surface area contributed by atoms with Crippen molar-refractivity contribution in [3.8, 4) is 10.4 Å². The smallest absolute Gasteiger partial charge is 0.356 e. The van der Waals surface area contributed by atoms with Crippen LogP contribution in [0.5, 0.6) is 0 Å². The Balaban J connectivity index is 2.63. The molecule has 2 rings (SSSR count).